The molecular formula is C16H26N2O. The van der Waals surface area contributed by atoms with Crippen molar-refractivity contribution in [3.8, 4) is 0 Å². The third-order valence-electron chi connectivity index (χ3n) is 4.07. The molecule has 3 N–H and O–H groups in total. The Morgan fingerprint density at radius 1 is 1.42 bits per heavy atom. The third-order valence-corrected chi connectivity index (χ3v) is 4.07. The predicted octanol–water partition coefficient (Wildman–Crippen LogP) is 2.41. The maximum Gasteiger partial charge on any atom is 0.0779 e. The molecule has 0 saturated carbocycles. The molecule has 2 rings (SSSR count). The van der Waals surface area contributed by atoms with Gasteiger partial charge in [0.1, 0.15) is 0 Å². The van der Waals surface area contributed by atoms with Gasteiger partial charge in [-0.3, -0.25) is 0 Å². The fourth-order valence-electron chi connectivity index (χ4n) is 2.83. The third kappa shape index (κ3) is 3.56. The van der Waals surface area contributed by atoms with E-state index in [0.717, 1.165) is 32.4 Å². The van der Waals surface area contributed by atoms with Crippen molar-refractivity contribution in [1.29, 1.82) is 0 Å². The van der Waals surface area contributed by atoms with Crippen molar-refractivity contribution >= 4 is 0 Å². The molecule has 106 valence electrons. The molecule has 1 aliphatic rings. The van der Waals surface area contributed by atoms with Crippen LogP contribution in [0.3, 0.4) is 0 Å². The number of ether oxygens (including phenoxy) is 1. The van der Waals surface area contributed by atoms with Gasteiger partial charge >= 0.3 is 0 Å². The van der Waals surface area contributed by atoms with Crippen molar-refractivity contribution < 1.29 is 4.74 Å². The lowest BCUT2D eigenvalue weighted by Crippen LogP contribution is -2.41. The molecule has 0 aliphatic carbocycles. The molecule has 0 amide bonds. The van der Waals surface area contributed by atoms with Crippen molar-refractivity contribution in [2.75, 3.05) is 19.7 Å². The summed E-state index contributed by atoms with van der Waals surface area (Å²) in [6.07, 6.45) is 3.34. The highest BCUT2D eigenvalue weighted by Gasteiger charge is 2.30. The fraction of sp³-hybridized carbons (Fsp3) is 0.625. The molecule has 1 aromatic carbocycles. The van der Waals surface area contributed by atoms with Crippen molar-refractivity contribution in [3.63, 3.8) is 0 Å². The van der Waals surface area contributed by atoms with Crippen LogP contribution in [0.5, 0.6) is 0 Å². The predicted molar refractivity (Wildman–Crippen MR) is 79.2 cm³/mol. The van der Waals surface area contributed by atoms with Crippen LogP contribution in [-0.4, -0.2) is 25.3 Å². The summed E-state index contributed by atoms with van der Waals surface area (Å²) in [5, 5.41) is 3.59. The van der Waals surface area contributed by atoms with Gasteiger partial charge in [0.2, 0.25) is 0 Å². The second-order valence-corrected chi connectivity index (χ2v) is 5.62. The van der Waals surface area contributed by atoms with Gasteiger partial charge in [0, 0.05) is 25.7 Å². The molecule has 0 bridgehead atoms. The van der Waals surface area contributed by atoms with Gasteiger partial charge in [-0.25, -0.2) is 0 Å². The zero-order chi connectivity index (χ0) is 13.7. The maximum absolute atomic E-state index is 5.95. The number of benzene rings is 1. The minimum atomic E-state index is -0.0193. The molecule has 1 aromatic rings. The van der Waals surface area contributed by atoms with E-state index >= 15 is 0 Å². The highest BCUT2D eigenvalue weighted by atomic mass is 16.5. The van der Waals surface area contributed by atoms with E-state index in [0.29, 0.717) is 6.54 Å². The molecule has 0 radical (unpaired) electrons. The molecule has 0 spiro atoms. The Hall–Kier alpha value is -0.900. The van der Waals surface area contributed by atoms with E-state index in [-0.39, 0.29) is 11.6 Å². The van der Waals surface area contributed by atoms with E-state index in [4.69, 9.17) is 10.5 Å². The first-order valence-electron chi connectivity index (χ1n) is 7.34. The topological polar surface area (TPSA) is 47.3 Å². The van der Waals surface area contributed by atoms with E-state index in [9.17, 15) is 0 Å². The standard InChI is InChI=1S/C16H26N2O/c1-3-13-7-4-5-8-14(13)15(11-17)18-12-16(2)9-6-10-19-16/h4-5,7-8,15,18H,3,6,9-12,17H2,1-2H3. The van der Waals surface area contributed by atoms with Gasteiger partial charge in [-0.05, 0) is 37.3 Å². The summed E-state index contributed by atoms with van der Waals surface area (Å²) in [5.41, 5.74) is 8.64. The first-order chi connectivity index (χ1) is 9.18. The molecule has 0 aromatic heterocycles. The van der Waals surface area contributed by atoms with Crippen LogP contribution >= 0.6 is 0 Å². The van der Waals surface area contributed by atoms with Crippen LogP contribution in [-0.2, 0) is 11.2 Å². The minimum Gasteiger partial charge on any atom is -0.374 e. The molecule has 1 fully saturated rings. The van der Waals surface area contributed by atoms with Gasteiger partial charge < -0.3 is 15.8 Å². The molecule has 3 heteroatoms. The lowest BCUT2D eigenvalue weighted by Gasteiger charge is -2.28. The number of hydrogen-bond acceptors (Lipinski definition) is 3. The number of nitrogens with one attached hydrogen (secondary N) is 1. The number of hydrogen-bond donors (Lipinski definition) is 2. The molecule has 3 nitrogen and oxygen atoms in total. The summed E-state index contributed by atoms with van der Waals surface area (Å²) in [6.45, 7) is 6.75. The Morgan fingerprint density at radius 2 is 2.21 bits per heavy atom. The quantitative estimate of drug-likeness (QED) is 0.827. The van der Waals surface area contributed by atoms with Crippen LogP contribution in [0.1, 0.15) is 43.9 Å². The summed E-state index contributed by atoms with van der Waals surface area (Å²) in [6, 6.07) is 8.77. The maximum atomic E-state index is 5.95. The van der Waals surface area contributed by atoms with E-state index < -0.39 is 0 Å². The van der Waals surface area contributed by atoms with Crippen LogP contribution in [0.25, 0.3) is 0 Å². The molecule has 2 atom stereocenters. The van der Waals surface area contributed by atoms with E-state index in [2.05, 4.69) is 43.4 Å². The molecule has 1 aliphatic heterocycles. The highest BCUT2D eigenvalue weighted by Crippen LogP contribution is 2.25. The Bertz CT molecular complexity index is 399. The van der Waals surface area contributed by atoms with E-state index in [1.807, 2.05) is 0 Å². The Balaban J connectivity index is 2.03. The zero-order valence-electron chi connectivity index (χ0n) is 12.1. The van der Waals surface area contributed by atoms with Crippen LogP contribution in [0.4, 0.5) is 0 Å². The van der Waals surface area contributed by atoms with Gasteiger partial charge in [0.15, 0.2) is 0 Å². The second-order valence-electron chi connectivity index (χ2n) is 5.62. The lowest BCUT2D eigenvalue weighted by molar-refractivity contribution is 0.0189. The van der Waals surface area contributed by atoms with Crippen LogP contribution < -0.4 is 11.1 Å². The van der Waals surface area contributed by atoms with Gasteiger partial charge in [-0.1, -0.05) is 31.2 Å². The van der Waals surface area contributed by atoms with Crippen molar-refractivity contribution in [3.05, 3.63) is 35.4 Å². The first-order valence-corrected chi connectivity index (χ1v) is 7.34. The number of rotatable bonds is 6. The summed E-state index contributed by atoms with van der Waals surface area (Å²) < 4.78 is 5.82. The second kappa shape index (κ2) is 6.51. The lowest BCUT2D eigenvalue weighted by atomic mass is 9.97. The Kier molecular flexibility index (Phi) is 4.97. The largest absolute Gasteiger partial charge is 0.374 e. The average molecular weight is 262 g/mol. The highest BCUT2D eigenvalue weighted by molar-refractivity contribution is 5.30. The SMILES string of the molecule is CCc1ccccc1C(CN)NCC1(C)CCCO1. The Labute approximate surface area is 116 Å². The molecule has 19 heavy (non-hydrogen) atoms. The summed E-state index contributed by atoms with van der Waals surface area (Å²) in [5.74, 6) is 0. The average Bonchev–Trinajstić information content (AvgIpc) is 2.87. The fourth-order valence-corrected chi connectivity index (χ4v) is 2.83. The van der Waals surface area contributed by atoms with Gasteiger partial charge in [0.05, 0.1) is 5.60 Å². The zero-order valence-corrected chi connectivity index (χ0v) is 12.1. The number of nitrogens with two attached hydrogens (primary N) is 1. The van der Waals surface area contributed by atoms with E-state index in [1.165, 1.54) is 11.1 Å². The molecule has 1 saturated heterocycles. The van der Waals surface area contributed by atoms with Crippen molar-refractivity contribution in [2.45, 2.75) is 44.8 Å². The first kappa shape index (κ1) is 14.5. The van der Waals surface area contributed by atoms with Gasteiger partial charge in [-0.2, -0.15) is 0 Å². The Morgan fingerprint density at radius 3 is 2.84 bits per heavy atom. The molecule has 1 heterocycles. The normalized spacial score (nSPS) is 24.6. The smallest absolute Gasteiger partial charge is 0.0779 e. The summed E-state index contributed by atoms with van der Waals surface area (Å²) in [7, 11) is 0. The van der Waals surface area contributed by atoms with Crippen LogP contribution in [0, 0.1) is 0 Å². The van der Waals surface area contributed by atoms with Crippen LogP contribution in [0.15, 0.2) is 24.3 Å². The minimum absolute atomic E-state index is 0.0193. The monoisotopic (exact) mass is 262 g/mol. The summed E-state index contributed by atoms with van der Waals surface area (Å²) >= 11 is 0. The van der Waals surface area contributed by atoms with Crippen molar-refractivity contribution in [1.82, 2.24) is 5.32 Å². The van der Waals surface area contributed by atoms with Gasteiger partial charge in [-0.15, -0.1) is 0 Å². The summed E-state index contributed by atoms with van der Waals surface area (Å²) in [4.78, 5) is 0. The van der Waals surface area contributed by atoms with E-state index in [1.54, 1.807) is 0 Å². The molecular weight excluding hydrogens is 236 g/mol. The van der Waals surface area contributed by atoms with Crippen molar-refractivity contribution in [2.24, 2.45) is 5.73 Å². The molecule has 2 unspecified atom stereocenters. The van der Waals surface area contributed by atoms with Gasteiger partial charge in [0.25, 0.3) is 0 Å². The number of aryl methyl sites for hydroxylation is 1. The van der Waals surface area contributed by atoms with Crippen LogP contribution in [0.2, 0.25) is 0 Å².